The third-order valence-electron chi connectivity index (χ3n) is 12.1. The maximum absolute atomic E-state index is 15.0. The van der Waals surface area contributed by atoms with E-state index in [4.69, 9.17) is 40.9 Å². The van der Waals surface area contributed by atoms with Crippen molar-refractivity contribution < 1.29 is 67.2 Å². The lowest BCUT2D eigenvalue weighted by Gasteiger charge is -2.34. The van der Waals surface area contributed by atoms with Gasteiger partial charge in [-0.25, -0.2) is 24.1 Å². The Labute approximate surface area is 436 Å². The SMILES string of the molecule is COc1ccc(COC(=O)S[C@H]2C[C@@H](C(=O)N3CC[C@H](N(C(=O)OCc4ccc([N+](=O)[O-])cc4)C(=O)[C@@](N)(CCCN=C(N)N)C(=O)OCc4ccc([N+](=O)[O-])cc4)C3)N(C(=O)OCc3ccc([N+](=O)[O-])cc3)C2)cc1. The number of hydrogen-bond acceptors (Lipinski definition) is 20. The highest BCUT2D eigenvalue weighted by Gasteiger charge is 2.52. The summed E-state index contributed by atoms with van der Waals surface area (Å²) < 4.78 is 27.3. The Kier molecular flexibility index (Phi) is 19.2. The molecular formula is C48H52N10O17S. The lowest BCUT2D eigenvalue weighted by atomic mass is 9.92. The van der Waals surface area contributed by atoms with Gasteiger partial charge in [-0.3, -0.25) is 49.8 Å². The summed E-state index contributed by atoms with van der Waals surface area (Å²) in [6.45, 7) is -2.29. The summed E-state index contributed by atoms with van der Waals surface area (Å²) in [6, 6.07) is 19.5. The molecule has 4 amide bonds. The molecule has 2 fully saturated rings. The van der Waals surface area contributed by atoms with Crippen LogP contribution in [0.25, 0.3) is 0 Å². The van der Waals surface area contributed by atoms with E-state index in [0.717, 1.165) is 16.7 Å². The van der Waals surface area contributed by atoms with Gasteiger partial charge in [-0.2, -0.15) is 0 Å². The smallest absolute Gasteiger partial charge is 0.417 e. The number of nitro groups is 3. The molecule has 4 atom stereocenters. The minimum atomic E-state index is -2.66. The molecule has 0 aliphatic carbocycles. The van der Waals surface area contributed by atoms with E-state index in [1.807, 2.05) is 0 Å². The van der Waals surface area contributed by atoms with Gasteiger partial charge in [0.25, 0.3) is 23.0 Å². The van der Waals surface area contributed by atoms with Gasteiger partial charge in [0.15, 0.2) is 11.5 Å². The van der Waals surface area contributed by atoms with Gasteiger partial charge in [0, 0.05) is 67.8 Å². The second-order valence-electron chi connectivity index (χ2n) is 17.3. The number of imide groups is 1. The summed E-state index contributed by atoms with van der Waals surface area (Å²) in [6.07, 6.45) is -3.11. The Balaban J connectivity index is 1.25. The van der Waals surface area contributed by atoms with Crippen molar-refractivity contribution in [2.75, 3.05) is 33.3 Å². The van der Waals surface area contributed by atoms with Gasteiger partial charge >= 0.3 is 23.5 Å². The van der Waals surface area contributed by atoms with E-state index in [9.17, 15) is 59.1 Å². The Morgan fingerprint density at radius 3 is 1.70 bits per heavy atom. The van der Waals surface area contributed by atoms with Gasteiger partial charge in [-0.1, -0.05) is 12.1 Å². The van der Waals surface area contributed by atoms with E-state index in [0.29, 0.717) is 21.8 Å². The van der Waals surface area contributed by atoms with Crippen molar-refractivity contribution in [1.82, 2.24) is 14.7 Å². The molecule has 4 aromatic carbocycles. The Morgan fingerprint density at radius 1 is 0.711 bits per heavy atom. The zero-order chi connectivity index (χ0) is 55.1. The van der Waals surface area contributed by atoms with E-state index >= 15 is 0 Å². The second kappa shape index (κ2) is 25.8. The summed E-state index contributed by atoms with van der Waals surface area (Å²) in [5, 5.41) is 32.3. The average Bonchev–Trinajstić information content (AvgIpc) is 4.08. The van der Waals surface area contributed by atoms with Crippen molar-refractivity contribution in [3.8, 4) is 5.75 Å². The van der Waals surface area contributed by atoms with Gasteiger partial charge in [0.1, 0.15) is 38.2 Å². The molecule has 27 nitrogen and oxygen atoms in total. The fraction of sp³-hybridized carbons (Fsp3) is 0.354. The maximum atomic E-state index is 15.0. The first-order chi connectivity index (χ1) is 36.3. The number of benzene rings is 4. The fourth-order valence-corrected chi connectivity index (χ4v) is 8.97. The lowest BCUT2D eigenvalue weighted by molar-refractivity contribution is -0.385. The van der Waals surface area contributed by atoms with Gasteiger partial charge < -0.3 is 45.8 Å². The molecule has 2 aliphatic heterocycles. The van der Waals surface area contributed by atoms with Crippen LogP contribution in [0.4, 0.5) is 31.4 Å². The molecule has 0 saturated carbocycles. The third kappa shape index (κ3) is 14.9. The van der Waals surface area contributed by atoms with Crippen LogP contribution in [0.1, 0.15) is 47.9 Å². The van der Waals surface area contributed by atoms with Crippen LogP contribution in [0.2, 0.25) is 0 Å². The molecule has 402 valence electrons. The summed E-state index contributed by atoms with van der Waals surface area (Å²) in [7, 11) is 1.51. The highest BCUT2D eigenvalue weighted by atomic mass is 32.2. The first kappa shape index (κ1) is 56.4. The van der Waals surface area contributed by atoms with Gasteiger partial charge in [0.05, 0.1) is 27.9 Å². The maximum Gasteiger partial charge on any atom is 0.417 e. The molecule has 0 spiro atoms. The zero-order valence-corrected chi connectivity index (χ0v) is 41.5. The average molecular weight is 1070 g/mol. The molecule has 4 aromatic rings. The summed E-state index contributed by atoms with van der Waals surface area (Å²) in [4.78, 5) is 124. The van der Waals surface area contributed by atoms with Crippen LogP contribution in [-0.4, -0.2) is 127 Å². The first-order valence-corrected chi connectivity index (χ1v) is 24.0. The molecule has 0 bridgehead atoms. The van der Waals surface area contributed by atoms with Crippen LogP contribution in [0.5, 0.6) is 5.75 Å². The number of ether oxygens (including phenoxy) is 5. The van der Waals surface area contributed by atoms with Crippen LogP contribution >= 0.6 is 11.8 Å². The Bertz CT molecular complexity index is 2820. The first-order valence-electron chi connectivity index (χ1n) is 23.2. The highest BCUT2D eigenvalue weighted by Crippen LogP contribution is 2.33. The number of likely N-dealkylation sites (tertiary alicyclic amines) is 2. The minimum Gasteiger partial charge on any atom is -0.497 e. The second-order valence-corrected chi connectivity index (χ2v) is 18.5. The van der Waals surface area contributed by atoms with Crippen LogP contribution in [0.15, 0.2) is 102 Å². The number of amides is 4. The number of nitrogens with two attached hydrogens (primary N) is 3. The quantitative estimate of drug-likeness (QED) is 0.0147. The number of esters is 1. The molecule has 76 heavy (non-hydrogen) atoms. The Hall–Kier alpha value is -8.92. The molecule has 6 rings (SSSR count). The van der Waals surface area contributed by atoms with E-state index in [1.54, 1.807) is 24.3 Å². The van der Waals surface area contributed by atoms with Crippen molar-refractivity contribution in [2.24, 2.45) is 22.2 Å². The van der Waals surface area contributed by atoms with Crippen LogP contribution in [0, 0.1) is 30.3 Å². The van der Waals surface area contributed by atoms with Crippen molar-refractivity contribution in [3.63, 3.8) is 0 Å². The van der Waals surface area contributed by atoms with E-state index in [1.165, 1.54) is 84.8 Å². The van der Waals surface area contributed by atoms with Gasteiger partial charge in [-0.05, 0) is 108 Å². The van der Waals surface area contributed by atoms with E-state index in [-0.39, 0.29) is 92.8 Å². The van der Waals surface area contributed by atoms with E-state index in [2.05, 4.69) is 4.99 Å². The lowest BCUT2D eigenvalue weighted by Crippen LogP contribution is -2.64. The predicted molar refractivity (Wildman–Crippen MR) is 268 cm³/mol. The molecule has 2 aliphatic rings. The monoisotopic (exact) mass is 1070 g/mol. The number of hydrogen-bond donors (Lipinski definition) is 3. The number of aliphatic imine (C=N–C) groups is 1. The van der Waals surface area contributed by atoms with E-state index < -0.39 is 92.5 Å². The number of methoxy groups -OCH3 is 1. The topological polar surface area (TPSA) is 378 Å². The van der Waals surface area contributed by atoms with Crippen LogP contribution < -0.4 is 21.9 Å². The van der Waals surface area contributed by atoms with Crippen molar-refractivity contribution >= 4 is 70.1 Å². The number of nitro benzene ring substituents is 3. The summed E-state index contributed by atoms with van der Waals surface area (Å²) >= 11 is 0.752. The number of nitrogens with zero attached hydrogens (tertiary/aromatic N) is 7. The number of carbonyl (C=O) groups is 6. The van der Waals surface area contributed by atoms with Gasteiger partial charge in [0.2, 0.25) is 5.91 Å². The normalized spacial score (nSPS) is 16.6. The largest absolute Gasteiger partial charge is 0.497 e. The number of non-ortho nitro benzene ring substituents is 3. The molecule has 28 heteroatoms. The molecule has 2 heterocycles. The molecule has 2 saturated heterocycles. The molecule has 0 unspecified atom stereocenters. The number of guanidine groups is 1. The predicted octanol–water partition coefficient (Wildman–Crippen LogP) is 4.83. The summed E-state index contributed by atoms with van der Waals surface area (Å²) in [5.74, 6) is -3.03. The van der Waals surface area contributed by atoms with Crippen molar-refractivity contribution in [1.29, 1.82) is 0 Å². The standard InChI is InChI=1S/C48H52N10O17S/c1-71-38-17-9-33(10-18-38)29-75-47(64)76-39-23-40(54(25-39)45(62)73-27-31-5-13-35(14-6-31)57(67)68)41(59)53-22-19-37(24-53)55(46(63)74-28-32-7-15-36(16-8-32)58(69)70)42(60)48(51,20-2-21-52-44(49)50)43(61)72-26-30-3-11-34(12-4-30)56(65)66/h3-18,37,39-40H,2,19-29,51H2,1H3,(H4,49,50,52)/t37-,39-,40-,48-/m0/s1. The molecule has 0 radical (unpaired) electrons. The van der Waals surface area contributed by atoms with Crippen molar-refractivity contribution in [3.05, 3.63) is 150 Å². The Morgan fingerprint density at radius 2 is 1.20 bits per heavy atom. The highest BCUT2D eigenvalue weighted by molar-refractivity contribution is 8.13. The third-order valence-corrected chi connectivity index (χ3v) is 13.1. The van der Waals surface area contributed by atoms with Crippen molar-refractivity contribution in [2.45, 2.75) is 75.0 Å². The fourth-order valence-electron chi connectivity index (χ4n) is 8.05. The number of rotatable bonds is 21. The zero-order valence-electron chi connectivity index (χ0n) is 40.7. The molecule has 6 N–H and O–H groups in total. The minimum absolute atomic E-state index is 0.0861. The molecule has 0 aromatic heterocycles. The number of carbonyl (C=O) groups excluding carboxylic acids is 6. The summed E-state index contributed by atoms with van der Waals surface area (Å²) in [5.41, 5.74) is 15.9. The van der Waals surface area contributed by atoms with Crippen LogP contribution in [0.3, 0.4) is 0 Å². The van der Waals surface area contributed by atoms with Gasteiger partial charge in [-0.15, -0.1) is 0 Å². The van der Waals surface area contributed by atoms with Crippen LogP contribution in [-0.2, 0) is 59.8 Å². The number of thioether (sulfide) groups is 1. The molecular weight excluding hydrogens is 1020 g/mol.